The van der Waals surface area contributed by atoms with Crippen molar-refractivity contribution in [2.45, 2.75) is 0 Å². The lowest BCUT2D eigenvalue weighted by Crippen LogP contribution is -1.93. The standard InChI is InChI=1S/C48H28N2/c1-3-9-29(10-4-1)35-23-21-33-22-24-37-41(30-11-5-2-6-12-30)27-42(38-26-25-36(35)44(33)45(37)38)31-17-19-34(20-18-31)47-46-39-15-7-13-32-14-8-16-40(43(32)39)48(46)50-28-49-47/h1-28H. The molecule has 1 aromatic heterocycles. The molecule has 1 heterocycles. The topological polar surface area (TPSA) is 25.8 Å². The van der Waals surface area contributed by atoms with E-state index in [2.05, 4.69) is 164 Å². The van der Waals surface area contributed by atoms with Crippen molar-refractivity contribution in [3.05, 3.63) is 170 Å². The predicted octanol–water partition coefficient (Wildman–Crippen LogP) is 12.8. The molecule has 0 saturated carbocycles. The largest absolute Gasteiger partial charge is 0.236 e. The molecule has 0 fully saturated rings. The fraction of sp³-hybridized carbons (Fsp3) is 0. The summed E-state index contributed by atoms with van der Waals surface area (Å²) in [6.45, 7) is 0. The van der Waals surface area contributed by atoms with Gasteiger partial charge in [-0.3, -0.25) is 0 Å². The molecule has 1 aliphatic rings. The molecule has 0 aliphatic heterocycles. The Bertz CT molecular complexity index is 2940. The van der Waals surface area contributed by atoms with E-state index in [9.17, 15) is 0 Å². The number of rotatable bonds is 4. The lowest BCUT2D eigenvalue weighted by Gasteiger charge is -2.19. The minimum Gasteiger partial charge on any atom is -0.236 e. The van der Waals surface area contributed by atoms with Gasteiger partial charge in [-0.15, -0.1) is 0 Å². The molecule has 0 spiro atoms. The van der Waals surface area contributed by atoms with Gasteiger partial charge in [-0.2, -0.15) is 0 Å². The van der Waals surface area contributed by atoms with E-state index in [-0.39, 0.29) is 0 Å². The molecular formula is C48H28N2. The third-order valence-electron chi connectivity index (χ3n) is 10.7. The van der Waals surface area contributed by atoms with Crippen LogP contribution in [0.25, 0.3) is 110 Å². The van der Waals surface area contributed by atoms with Crippen molar-refractivity contribution in [1.82, 2.24) is 9.97 Å². The molecule has 0 N–H and O–H groups in total. The van der Waals surface area contributed by atoms with E-state index in [4.69, 9.17) is 9.97 Å². The molecule has 0 unspecified atom stereocenters. The minimum atomic E-state index is 0.971. The molecule has 9 aromatic carbocycles. The Morgan fingerprint density at radius 1 is 0.300 bits per heavy atom. The van der Waals surface area contributed by atoms with Gasteiger partial charge in [0, 0.05) is 16.7 Å². The number of nitrogens with zero attached hydrogens (tertiary/aromatic N) is 2. The van der Waals surface area contributed by atoms with Gasteiger partial charge in [0.05, 0.1) is 11.4 Å². The van der Waals surface area contributed by atoms with Gasteiger partial charge in [0.15, 0.2) is 0 Å². The van der Waals surface area contributed by atoms with Gasteiger partial charge in [0.2, 0.25) is 0 Å². The van der Waals surface area contributed by atoms with Gasteiger partial charge in [0.25, 0.3) is 0 Å². The lowest BCUT2D eigenvalue weighted by atomic mass is 9.84. The zero-order chi connectivity index (χ0) is 32.8. The second-order valence-corrected chi connectivity index (χ2v) is 13.3. The summed E-state index contributed by atoms with van der Waals surface area (Å²) in [5.41, 5.74) is 14.0. The third kappa shape index (κ3) is 3.85. The summed E-state index contributed by atoms with van der Waals surface area (Å²) in [5, 5.41) is 10.2. The Balaban J connectivity index is 1.13. The van der Waals surface area contributed by atoms with Crippen LogP contribution >= 0.6 is 0 Å². The van der Waals surface area contributed by atoms with Crippen LogP contribution in [-0.2, 0) is 0 Å². The molecular weight excluding hydrogens is 605 g/mol. The van der Waals surface area contributed by atoms with E-state index in [1.54, 1.807) is 6.33 Å². The zero-order valence-corrected chi connectivity index (χ0v) is 27.1. The van der Waals surface area contributed by atoms with Gasteiger partial charge < -0.3 is 0 Å². The molecule has 10 aromatic rings. The fourth-order valence-electron chi connectivity index (χ4n) is 8.48. The smallest absolute Gasteiger partial charge is 0.116 e. The summed E-state index contributed by atoms with van der Waals surface area (Å²) in [7, 11) is 0. The Morgan fingerprint density at radius 3 is 1.56 bits per heavy atom. The molecule has 2 heteroatoms. The first-order chi connectivity index (χ1) is 24.8. The molecule has 2 nitrogen and oxygen atoms in total. The maximum Gasteiger partial charge on any atom is 0.116 e. The second kappa shape index (κ2) is 10.4. The zero-order valence-electron chi connectivity index (χ0n) is 27.1. The minimum absolute atomic E-state index is 0.971. The van der Waals surface area contributed by atoms with Gasteiger partial charge >= 0.3 is 0 Å². The Labute approximate surface area is 289 Å². The summed E-state index contributed by atoms with van der Waals surface area (Å²) in [5.74, 6) is 0. The van der Waals surface area contributed by atoms with Crippen LogP contribution in [0.4, 0.5) is 0 Å². The monoisotopic (exact) mass is 632 g/mol. The molecule has 0 atom stereocenters. The summed E-state index contributed by atoms with van der Waals surface area (Å²) in [4.78, 5) is 9.65. The van der Waals surface area contributed by atoms with Crippen LogP contribution in [0.15, 0.2) is 170 Å². The van der Waals surface area contributed by atoms with Gasteiger partial charge in [-0.05, 0) is 88.1 Å². The van der Waals surface area contributed by atoms with Crippen LogP contribution in [-0.4, -0.2) is 9.97 Å². The maximum atomic E-state index is 4.87. The van der Waals surface area contributed by atoms with Crippen LogP contribution in [0.3, 0.4) is 0 Å². The van der Waals surface area contributed by atoms with Crippen LogP contribution in [0, 0.1) is 0 Å². The molecule has 1 aliphatic carbocycles. The van der Waals surface area contributed by atoms with E-state index < -0.39 is 0 Å². The van der Waals surface area contributed by atoms with Gasteiger partial charge in [-0.1, -0.05) is 158 Å². The molecule has 230 valence electrons. The molecule has 0 radical (unpaired) electrons. The summed E-state index contributed by atoms with van der Waals surface area (Å²) >= 11 is 0. The van der Waals surface area contributed by atoms with Crippen LogP contribution in [0.2, 0.25) is 0 Å². The highest BCUT2D eigenvalue weighted by atomic mass is 14.9. The van der Waals surface area contributed by atoms with Crippen molar-refractivity contribution in [1.29, 1.82) is 0 Å². The van der Waals surface area contributed by atoms with Crippen molar-refractivity contribution in [3.63, 3.8) is 0 Å². The third-order valence-corrected chi connectivity index (χ3v) is 10.7. The fourth-order valence-corrected chi connectivity index (χ4v) is 8.48. The number of benzene rings is 9. The lowest BCUT2D eigenvalue weighted by molar-refractivity contribution is 1.19. The van der Waals surface area contributed by atoms with E-state index in [1.807, 2.05) is 0 Å². The molecule has 11 rings (SSSR count). The number of hydrogen-bond donors (Lipinski definition) is 0. The summed E-state index contributed by atoms with van der Waals surface area (Å²) < 4.78 is 0. The first-order valence-electron chi connectivity index (χ1n) is 17.2. The highest BCUT2D eigenvalue weighted by molar-refractivity contribution is 6.30. The Morgan fingerprint density at radius 2 is 0.840 bits per heavy atom. The average molecular weight is 633 g/mol. The van der Waals surface area contributed by atoms with Crippen LogP contribution < -0.4 is 0 Å². The summed E-state index contributed by atoms with van der Waals surface area (Å²) in [6, 6.07) is 59.8. The highest BCUT2D eigenvalue weighted by Gasteiger charge is 2.26. The number of fused-ring (bicyclic) bond motifs is 3. The molecule has 50 heavy (non-hydrogen) atoms. The first kappa shape index (κ1) is 27.3. The SMILES string of the molecule is c1ccc(-c2ccc3ccc4c(-c5ccccc5)cc(-c5ccc(-c6ncnc7c6-c6cccc8cccc-7c68)cc5)c5ccc2c3c45)cc1. The van der Waals surface area contributed by atoms with Gasteiger partial charge in [0.1, 0.15) is 6.33 Å². The van der Waals surface area contributed by atoms with E-state index in [0.717, 1.165) is 22.5 Å². The normalized spacial score (nSPS) is 12.0. The van der Waals surface area contributed by atoms with Crippen LogP contribution in [0.5, 0.6) is 0 Å². The molecule has 0 saturated heterocycles. The van der Waals surface area contributed by atoms with E-state index >= 15 is 0 Å². The Hall–Kier alpha value is -6.64. The highest BCUT2D eigenvalue weighted by Crippen LogP contribution is 2.50. The Kier molecular flexibility index (Phi) is 5.70. The maximum absolute atomic E-state index is 4.87. The van der Waals surface area contributed by atoms with Crippen LogP contribution in [0.1, 0.15) is 0 Å². The predicted molar refractivity (Wildman–Crippen MR) is 209 cm³/mol. The number of hydrogen-bond acceptors (Lipinski definition) is 2. The second-order valence-electron chi connectivity index (χ2n) is 13.3. The van der Waals surface area contributed by atoms with Crippen molar-refractivity contribution < 1.29 is 0 Å². The molecule has 0 bridgehead atoms. The molecule has 0 amide bonds. The number of aromatic nitrogens is 2. The quantitative estimate of drug-likeness (QED) is 0.180. The van der Waals surface area contributed by atoms with Crippen molar-refractivity contribution in [2.24, 2.45) is 0 Å². The first-order valence-corrected chi connectivity index (χ1v) is 17.2. The average Bonchev–Trinajstić information content (AvgIpc) is 3.53. The van der Waals surface area contributed by atoms with E-state index in [1.165, 1.54) is 87.6 Å². The van der Waals surface area contributed by atoms with Gasteiger partial charge in [-0.25, -0.2) is 9.97 Å². The van der Waals surface area contributed by atoms with Crippen molar-refractivity contribution in [2.75, 3.05) is 0 Å². The van der Waals surface area contributed by atoms with Crippen molar-refractivity contribution in [3.8, 4) is 67.0 Å². The summed E-state index contributed by atoms with van der Waals surface area (Å²) in [6.07, 6.45) is 1.71. The van der Waals surface area contributed by atoms with E-state index in [0.29, 0.717) is 0 Å². The van der Waals surface area contributed by atoms with Crippen molar-refractivity contribution >= 4 is 43.1 Å².